The molecule has 19 heavy (non-hydrogen) atoms. The molecule has 2 aromatic rings. The summed E-state index contributed by atoms with van der Waals surface area (Å²) in [5.41, 5.74) is 5.82. The molecule has 0 saturated heterocycles. The second-order valence-corrected chi connectivity index (χ2v) is 5.00. The van der Waals surface area contributed by atoms with Crippen molar-refractivity contribution in [3.05, 3.63) is 30.5 Å². The highest BCUT2D eigenvalue weighted by atomic mass is 16.5. The van der Waals surface area contributed by atoms with E-state index in [-0.39, 0.29) is 6.04 Å². The summed E-state index contributed by atoms with van der Waals surface area (Å²) in [7, 11) is 1.67. The molecule has 0 amide bonds. The van der Waals surface area contributed by atoms with E-state index in [4.69, 9.17) is 10.5 Å². The van der Waals surface area contributed by atoms with Crippen LogP contribution < -0.4 is 15.8 Å². The highest BCUT2D eigenvalue weighted by molar-refractivity contribution is 5.92. The van der Waals surface area contributed by atoms with E-state index in [1.807, 2.05) is 37.4 Å². The number of benzene rings is 1. The van der Waals surface area contributed by atoms with Crippen molar-refractivity contribution in [2.45, 2.75) is 32.4 Å². The quantitative estimate of drug-likeness (QED) is 0.866. The molecular weight excluding hydrogens is 238 g/mol. The van der Waals surface area contributed by atoms with Gasteiger partial charge < -0.3 is 15.8 Å². The van der Waals surface area contributed by atoms with Crippen LogP contribution in [0.5, 0.6) is 5.75 Å². The second-order valence-electron chi connectivity index (χ2n) is 5.00. The van der Waals surface area contributed by atoms with Crippen LogP contribution in [0.4, 0.5) is 5.82 Å². The van der Waals surface area contributed by atoms with E-state index in [9.17, 15) is 0 Å². The first-order chi connectivity index (χ1) is 9.10. The Kier molecular flexibility index (Phi) is 4.22. The molecule has 0 spiro atoms. The fourth-order valence-corrected chi connectivity index (χ4v) is 2.25. The number of aromatic nitrogens is 1. The van der Waals surface area contributed by atoms with Crippen LogP contribution in [0.1, 0.15) is 20.3 Å². The molecule has 102 valence electrons. The maximum absolute atomic E-state index is 5.82. The number of ether oxygens (including phenoxy) is 1. The number of nitrogens with one attached hydrogen (secondary N) is 1. The number of fused-ring (bicyclic) bond motifs is 1. The van der Waals surface area contributed by atoms with Gasteiger partial charge in [-0.2, -0.15) is 0 Å². The minimum atomic E-state index is 0.178. The van der Waals surface area contributed by atoms with Crippen LogP contribution in [-0.2, 0) is 0 Å². The summed E-state index contributed by atoms with van der Waals surface area (Å²) in [5.74, 6) is 1.75. The van der Waals surface area contributed by atoms with Crippen LogP contribution in [0.25, 0.3) is 10.8 Å². The number of pyridine rings is 1. The van der Waals surface area contributed by atoms with Gasteiger partial charge in [0.2, 0.25) is 0 Å². The summed E-state index contributed by atoms with van der Waals surface area (Å²) in [6.45, 7) is 4.13. The lowest BCUT2D eigenvalue weighted by Crippen LogP contribution is -2.26. The van der Waals surface area contributed by atoms with Gasteiger partial charge in [0.1, 0.15) is 11.6 Å². The Morgan fingerprint density at radius 1 is 1.32 bits per heavy atom. The predicted octanol–water partition coefficient (Wildman–Crippen LogP) is 2.78. The van der Waals surface area contributed by atoms with Gasteiger partial charge in [0, 0.05) is 23.7 Å². The molecule has 2 atom stereocenters. The third-order valence-corrected chi connectivity index (χ3v) is 3.08. The van der Waals surface area contributed by atoms with Crippen molar-refractivity contribution in [2.75, 3.05) is 12.4 Å². The Morgan fingerprint density at radius 2 is 2.11 bits per heavy atom. The summed E-state index contributed by atoms with van der Waals surface area (Å²) in [4.78, 5) is 4.42. The van der Waals surface area contributed by atoms with E-state index in [0.717, 1.165) is 28.8 Å². The van der Waals surface area contributed by atoms with Gasteiger partial charge >= 0.3 is 0 Å². The topological polar surface area (TPSA) is 60.2 Å². The van der Waals surface area contributed by atoms with E-state index < -0.39 is 0 Å². The minimum Gasteiger partial charge on any atom is -0.497 e. The van der Waals surface area contributed by atoms with Crippen LogP contribution in [0.15, 0.2) is 30.5 Å². The van der Waals surface area contributed by atoms with Gasteiger partial charge in [-0.3, -0.25) is 0 Å². The standard InChI is InChI=1S/C15H21N3O/c1-10(16)8-11(2)18-15-14-5-4-13(19-3)9-12(14)6-7-17-15/h4-7,9-11H,8,16H2,1-3H3,(H,17,18). The number of hydrogen-bond donors (Lipinski definition) is 2. The maximum Gasteiger partial charge on any atom is 0.134 e. The number of nitrogens with zero attached hydrogens (tertiary/aromatic N) is 1. The summed E-state index contributed by atoms with van der Waals surface area (Å²) in [6, 6.07) is 8.45. The van der Waals surface area contributed by atoms with Crippen LogP contribution in [0, 0.1) is 0 Å². The molecule has 1 aromatic heterocycles. The number of methoxy groups -OCH3 is 1. The molecule has 1 aromatic carbocycles. The predicted molar refractivity (Wildman–Crippen MR) is 79.6 cm³/mol. The third kappa shape index (κ3) is 3.35. The van der Waals surface area contributed by atoms with Crippen LogP contribution in [0.2, 0.25) is 0 Å². The molecule has 0 fully saturated rings. The largest absolute Gasteiger partial charge is 0.497 e. The second kappa shape index (κ2) is 5.89. The van der Waals surface area contributed by atoms with Gasteiger partial charge in [-0.25, -0.2) is 4.98 Å². The van der Waals surface area contributed by atoms with Gasteiger partial charge in [0.15, 0.2) is 0 Å². The van der Waals surface area contributed by atoms with Gasteiger partial charge in [0.25, 0.3) is 0 Å². The van der Waals surface area contributed by atoms with Gasteiger partial charge in [0.05, 0.1) is 7.11 Å². The molecule has 0 radical (unpaired) electrons. The van der Waals surface area contributed by atoms with Crippen LogP contribution >= 0.6 is 0 Å². The average molecular weight is 259 g/mol. The number of nitrogens with two attached hydrogens (primary N) is 1. The molecule has 3 N–H and O–H groups in total. The zero-order valence-electron chi connectivity index (χ0n) is 11.7. The van der Waals surface area contributed by atoms with E-state index in [0.29, 0.717) is 6.04 Å². The summed E-state index contributed by atoms with van der Waals surface area (Å²) < 4.78 is 5.24. The minimum absolute atomic E-state index is 0.178. The van der Waals surface area contributed by atoms with Crippen molar-refractivity contribution in [2.24, 2.45) is 5.73 Å². The smallest absolute Gasteiger partial charge is 0.134 e. The maximum atomic E-state index is 5.82. The molecule has 2 rings (SSSR count). The van der Waals surface area contributed by atoms with Crippen molar-refractivity contribution in [1.29, 1.82) is 0 Å². The summed E-state index contributed by atoms with van der Waals surface area (Å²) in [6.07, 6.45) is 2.72. The van der Waals surface area contributed by atoms with E-state index in [1.54, 1.807) is 7.11 Å². The molecule has 0 saturated carbocycles. The lowest BCUT2D eigenvalue weighted by Gasteiger charge is -2.17. The zero-order chi connectivity index (χ0) is 13.8. The molecule has 2 unspecified atom stereocenters. The lowest BCUT2D eigenvalue weighted by atomic mass is 10.1. The molecule has 4 heteroatoms. The highest BCUT2D eigenvalue weighted by Crippen LogP contribution is 2.25. The SMILES string of the molecule is COc1ccc2c(NC(C)CC(C)N)nccc2c1. The summed E-state index contributed by atoms with van der Waals surface area (Å²) >= 11 is 0. The normalized spacial score (nSPS) is 14.1. The number of hydrogen-bond acceptors (Lipinski definition) is 4. The molecule has 0 aliphatic rings. The Hall–Kier alpha value is -1.81. The zero-order valence-corrected chi connectivity index (χ0v) is 11.7. The Bertz CT molecular complexity index is 554. The first-order valence-corrected chi connectivity index (χ1v) is 6.55. The first kappa shape index (κ1) is 13.6. The van der Waals surface area contributed by atoms with Crippen molar-refractivity contribution < 1.29 is 4.74 Å². The molecule has 0 aliphatic carbocycles. The van der Waals surface area contributed by atoms with Crippen LogP contribution in [-0.4, -0.2) is 24.2 Å². The Labute approximate surface area is 114 Å². The van der Waals surface area contributed by atoms with Gasteiger partial charge in [-0.05, 0) is 49.9 Å². The average Bonchev–Trinajstić information content (AvgIpc) is 2.37. The summed E-state index contributed by atoms with van der Waals surface area (Å²) in [5, 5.41) is 5.63. The fraction of sp³-hybridized carbons (Fsp3) is 0.400. The lowest BCUT2D eigenvalue weighted by molar-refractivity contribution is 0.415. The fourth-order valence-electron chi connectivity index (χ4n) is 2.25. The molecule has 0 aliphatic heterocycles. The monoisotopic (exact) mass is 259 g/mol. The van der Waals surface area contributed by atoms with Crippen molar-refractivity contribution in [3.63, 3.8) is 0 Å². The number of anilines is 1. The molecular formula is C15H21N3O. The first-order valence-electron chi connectivity index (χ1n) is 6.55. The van der Waals surface area contributed by atoms with Gasteiger partial charge in [-0.15, -0.1) is 0 Å². The van der Waals surface area contributed by atoms with E-state index in [1.165, 1.54) is 0 Å². The van der Waals surface area contributed by atoms with E-state index >= 15 is 0 Å². The highest BCUT2D eigenvalue weighted by Gasteiger charge is 2.08. The third-order valence-electron chi connectivity index (χ3n) is 3.08. The molecule has 1 heterocycles. The van der Waals surface area contributed by atoms with Crippen molar-refractivity contribution in [3.8, 4) is 5.75 Å². The Balaban J connectivity index is 2.28. The van der Waals surface area contributed by atoms with Crippen LogP contribution in [0.3, 0.4) is 0 Å². The van der Waals surface area contributed by atoms with E-state index in [2.05, 4.69) is 17.2 Å². The molecule has 4 nitrogen and oxygen atoms in total. The van der Waals surface area contributed by atoms with Gasteiger partial charge in [-0.1, -0.05) is 0 Å². The number of rotatable bonds is 5. The van der Waals surface area contributed by atoms with Crippen molar-refractivity contribution >= 4 is 16.6 Å². The van der Waals surface area contributed by atoms with Crippen molar-refractivity contribution in [1.82, 2.24) is 4.98 Å². The molecule has 0 bridgehead atoms. The Morgan fingerprint density at radius 3 is 2.79 bits per heavy atom.